The molecule has 0 aliphatic heterocycles. The van der Waals surface area contributed by atoms with Crippen molar-refractivity contribution < 1.29 is 8.42 Å². The molecule has 3 nitrogen and oxygen atoms in total. The summed E-state index contributed by atoms with van der Waals surface area (Å²) in [5.74, 6) is 0. The maximum absolute atomic E-state index is 11.0. The van der Waals surface area contributed by atoms with E-state index in [1.54, 1.807) is 0 Å². The summed E-state index contributed by atoms with van der Waals surface area (Å²) >= 11 is 3.40. The van der Waals surface area contributed by atoms with Crippen molar-refractivity contribution >= 4 is 26.0 Å². The van der Waals surface area contributed by atoms with Gasteiger partial charge >= 0.3 is 0 Å². The third kappa shape index (κ3) is 3.93. The van der Waals surface area contributed by atoms with Gasteiger partial charge in [-0.05, 0) is 42.7 Å². The van der Waals surface area contributed by atoms with Crippen LogP contribution >= 0.6 is 15.9 Å². The van der Waals surface area contributed by atoms with E-state index in [1.807, 2.05) is 26.0 Å². The van der Waals surface area contributed by atoms with Crippen LogP contribution in [0.2, 0.25) is 0 Å². The SMILES string of the molecule is Cc1cc(Br)cc(C)c1CNS(C)(=O)=O. The first kappa shape index (κ1) is 12.7. The van der Waals surface area contributed by atoms with Crippen LogP contribution in [0.1, 0.15) is 16.7 Å². The molecule has 0 saturated heterocycles. The van der Waals surface area contributed by atoms with Gasteiger partial charge in [-0.15, -0.1) is 0 Å². The number of hydrogen-bond donors (Lipinski definition) is 1. The molecule has 0 unspecified atom stereocenters. The largest absolute Gasteiger partial charge is 0.213 e. The van der Waals surface area contributed by atoms with Crippen LogP contribution in [0.3, 0.4) is 0 Å². The first-order valence-electron chi connectivity index (χ1n) is 4.50. The average molecular weight is 292 g/mol. The van der Waals surface area contributed by atoms with Gasteiger partial charge in [-0.3, -0.25) is 0 Å². The third-order valence-electron chi connectivity index (χ3n) is 2.17. The Hall–Kier alpha value is -0.390. The molecular weight excluding hydrogens is 278 g/mol. The first-order valence-corrected chi connectivity index (χ1v) is 7.18. The Morgan fingerprint density at radius 3 is 2.13 bits per heavy atom. The summed E-state index contributed by atoms with van der Waals surface area (Å²) in [7, 11) is -3.13. The summed E-state index contributed by atoms with van der Waals surface area (Å²) in [6.45, 7) is 4.29. The molecule has 84 valence electrons. The van der Waals surface area contributed by atoms with Crippen LogP contribution in [-0.4, -0.2) is 14.7 Å². The lowest BCUT2D eigenvalue weighted by Crippen LogP contribution is -2.22. The molecule has 0 amide bonds. The zero-order chi connectivity index (χ0) is 11.6. The van der Waals surface area contributed by atoms with Gasteiger partial charge in [0.25, 0.3) is 0 Å². The number of aryl methyl sites for hydroxylation is 2. The normalized spacial score (nSPS) is 11.7. The lowest BCUT2D eigenvalue weighted by Gasteiger charge is -2.10. The molecule has 1 rings (SSSR count). The zero-order valence-electron chi connectivity index (χ0n) is 8.96. The highest BCUT2D eigenvalue weighted by molar-refractivity contribution is 9.10. The summed E-state index contributed by atoms with van der Waals surface area (Å²) in [6, 6.07) is 3.96. The predicted molar refractivity (Wildman–Crippen MR) is 65.3 cm³/mol. The Bertz CT molecular complexity index is 445. The summed E-state index contributed by atoms with van der Waals surface area (Å²) < 4.78 is 25.5. The van der Waals surface area contributed by atoms with Gasteiger partial charge in [0.15, 0.2) is 0 Å². The van der Waals surface area contributed by atoms with Crippen LogP contribution in [0, 0.1) is 13.8 Å². The minimum Gasteiger partial charge on any atom is -0.213 e. The van der Waals surface area contributed by atoms with Crippen LogP contribution in [0.15, 0.2) is 16.6 Å². The molecule has 0 bridgehead atoms. The summed E-state index contributed by atoms with van der Waals surface area (Å²) in [5.41, 5.74) is 3.19. The van der Waals surface area contributed by atoms with Crippen molar-refractivity contribution in [2.75, 3.05) is 6.26 Å². The molecule has 1 aromatic rings. The van der Waals surface area contributed by atoms with E-state index in [0.717, 1.165) is 27.4 Å². The summed E-state index contributed by atoms with van der Waals surface area (Å²) in [6.07, 6.45) is 1.16. The van der Waals surface area contributed by atoms with Crippen LogP contribution in [0.5, 0.6) is 0 Å². The Balaban J connectivity index is 2.96. The van der Waals surface area contributed by atoms with E-state index in [-0.39, 0.29) is 0 Å². The molecule has 0 aliphatic rings. The Kier molecular flexibility index (Phi) is 3.92. The smallest absolute Gasteiger partial charge is 0.209 e. The fraction of sp³-hybridized carbons (Fsp3) is 0.400. The van der Waals surface area contributed by atoms with E-state index < -0.39 is 10.0 Å². The number of rotatable bonds is 3. The van der Waals surface area contributed by atoms with Crippen molar-refractivity contribution in [2.24, 2.45) is 0 Å². The number of benzene rings is 1. The van der Waals surface area contributed by atoms with Gasteiger partial charge in [0.05, 0.1) is 6.26 Å². The van der Waals surface area contributed by atoms with Crippen LogP contribution in [-0.2, 0) is 16.6 Å². The highest BCUT2D eigenvalue weighted by atomic mass is 79.9. The van der Waals surface area contributed by atoms with E-state index in [0.29, 0.717) is 6.54 Å². The van der Waals surface area contributed by atoms with Crippen molar-refractivity contribution in [1.29, 1.82) is 0 Å². The van der Waals surface area contributed by atoms with Crippen molar-refractivity contribution in [3.8, 4) is 0 Å². The number of halogens is 1. The van der Waals surface area contributed by atoms with Crippen molar-refractivity contribution in [1.82, 2.24) is 4.72 Å². The standard InChI is InChI=1S/C10H14BrNO2S/c1-7-4-9(11)5-8(2)10(7)6-12-15(3,13)14/h4-5,12H,6H2,1-3H3. The molecular formula is C10H14BrNO2S. The second-order valence-corrected chi connectivity index (χ2v) is 6.36. The zero-order valence-corrected chi connectivity index (χ0v) is 11.4. The number of hydrogen-bond acceptors (Lipinski definition) is 2. The number of sulfonamides is 1. The summed E-state index contributed by atoms with van der Waals surface area (Å²) in [5, 5.41) is 0. The van der Waals surface area contributed by atoms with Gasteiger partial charge in [0, 0.05) is 11.0 Å². The molecule has 15 heavy (non-hydrogen) atoms. The molecule has 0 atom stereocenters. The molecule has 0 spiro atoms. The highest BCUT2D eigenvalue weighted by Gasteiger charge is 2.07. The van der Waals surface area contributed by atoms with Gasteiger partial charge in [-0.1, -0.05) is 15.9 Å². The fourth-order valence-corrected chi connectivity index (χ4v) is 2.52. The van der Waals surface area contributed by atoms with Gasteiger partial charge in [-0.2, -0.15) is 0 Å². The summed E-state index contributed by atoms with van der Waals surface area (Å²) in [4.78, 5) is 0. The monoisotopic (exact) mass is 291 g/mol. The predicted octanol–water partition coefficient (Wildman–Crippen LogP) is 2.12. The lowest BCUT2D eigenvalue weighted by molar-refractivity contribution is 0.587. The van der Waals surface area contributed by atoms with E-state index >= 15 is 0 Å². The topological polar surface area (TPSA) is 46.2 Å². The van der Waals surface area contributed by atoms with Crippen LogP contribution in [0.25, 0.3) is 0 Å². The second kappa shape index (κ2) is 4.63. The van der Waals surface area contributed by atoms with E-state index in [1.165, 1.54) is 0 Å². The van der Waals surface area contributed by atoms with E-state index in [4.69, 9.17) is 0 Å². The highest BCUT2D eigenvalue weighted by Crippen LogP contribution is 2.20. The van der Waals surface area contributed by atoms with E-state index in [2.05, 4.69) is 20.7 Å². The van der Waals surface area contributed by atoms with Gasteiger partial charge in [0.2, 0.25) is 10.0 Å². The molecule has 1 N–H and O–H groups in total. The van der Waals surface area contributed by atoms with Gasteiger partial charge in [-0.25, -0.2) is 13.1 Å². The Labute approximate surface area is 99.1 Å². The Morgan fingerprint density at radius 1 is 1.27 bits per heavy atom. The second-order valence-electron chi connectivity index (χ2n) is 3.61. The molecule has 0 heterocycles. The third-order valence-corrected chi connectivity index (χ3v) is 3.30. The van der Waals surface area contributed by atoms with Gasteiger partial charge < -0.3 is 0 Å². The maximum atomic E-state index is 11.0. The van der Waals surface area contributed by atoms with Crippen LogP contribution < -0.4 is 4.72 Å². The molecule has 0 fully saturated rings. The molecule has 0 radical (unpaired) electrons. The Morgan fingerprint density at radius 2 is 1.73 bits per heavy atom. The first-order chi connectivity index (χ1) is 6.79. The van der Waals surface area contributed by atoms with Gasteiger partial charge in [0.1, 0.15) is 0 Å². The molecule has 0 aromatic heterocycles. The number of nitrogens with one attached hydrogen (secondary N) is 1. The lowest BCUT2D eigenvalue weighted by atomic mass is 10.0. The molecule has 5 heteroatoms. The minimum atomic E-state index is -3.13. The molecule has 1 aromatic carbocycles. The van der Waals surface area contributed by atoms with Crippen LogP contribution in [0.4, 0.5) is 0 Å². The minimum absolute atomic E-state index is 0.351. The average Bonchev–Trinajstić information content (AvgIpc) is 1.99. The van der Waals surface area contributed by atoms with Crippen molar-refractivity contribution in [3.05, 3.63) is 33.3 Å². The fourth-order valence-electron chi connectivity index (χ4n) is 1.42. The van der Waals surface area contributed by atoms with Crippen molar-refractivity contribution in [3.63, 3.8) is 0 Å². The molecule has 0 saturated carbocycles. The quantitative estimate of drug-likeness (QED) is 0.927. The van der Waals surface area contributed by atoms with E-state index in [9.17, 15) is 8.42 Å². The maximum Gasteiger partial charge on any atom is 0.209 e. The van der Waals surface area contributed by atoms with Crippen molar-refractivity contribution in [2.45, 2.75) is 20.4 Å². The molecule has 0 aliphatic carbocycles.